The van der Waals surface area contributed by atoms with Gasteiger partial charge in [0, 0.05) is 16.7 Å². The van der Waals surface area contributed by atoms with E-state index >= 15 is 0 Å². The van der Waals surface area contributed by atoms with Crippen LogP contribution < -0.4 is 0 Å². The van der Waals surface area contributed by atoms with Crippen molar-refractivity contribution in [2.45, 2.75) is 63.7 Å². The highest BCUT2D eigenvalue weighted by Crippen LogP contribution is 2.37. The van der Waals surface area contributed by atoms with Crippen molar-refractivity contribution in [1.82, 2.24) is 30.0 Å². The van der Waals surface area contributed by atoms with Crippen LogP contribution in [0.4, 0.5) is 0 Å². The lowest BCUT2D eigenvalue weighted by Gasteiger charge is -2.29. The molecule has 0 radical (unpaired) electrons. The average molecular weight is 403 g/mol. The fraction of sp³-hybridized carbons (Fsp3) is 0.579. The van der Waals surface area contributed by atoms with E-state index in [-0.39, 0.29) is 0 Å². The van der Waals surface area contributed by atoms with Crippen molar-refractivity contribution in [3.05, 3.63) is 22.1 Å². The van der Waals surface area contributed by atoms with Crippen LogP contribution in [0, 0.1) is 19.8 Å². The number of H-pyrrole nitrogens is 1. The molecule has 0 spiro atoms. The number of nitrogens with one attached hydrogen (secondary N) is 1. The van der Waals surface area contributed by atoms with E-state index in [0.717, 1.165) is 64.0 Å². The number of likely N-dealkylation sites (tertiary alicyclic amines) is 1. The Hall–Kier alpha value is -1.51. The number of hydrogen-bond acceptors (Lipinski definition) is 7. The van der Waals surface area contributed by atoms with Crippen LogP contribution >= 0.6 is 23.1 Å². The Labute approximate surface area is 168 Å². The van der Waals surface area contributed by atoms with Gasteiger partial charge in [0.25, 0.3) is 0 Å². The fourth-order valence-corrected chi connectivity index (χ4v) is 5.42. The molecule has 8 heteroatoms. The molecule has 0 atom stereocenters. The third kappa shape index (κ3) is 4.02. The minimum atomic E-state index is 0.729. The Morgan fingerprint density at radius 1 is 1.19 bits per heavy atom. The minimum absolute atomic E-state index is 0.729. The molecule has 6 nitrogen and oxygen atoms in total. The summed E-state index contributed by atoms with van der Waals surface area (Å²) in [7, 11) is 0. The molecule has 0 saturated carbocycles. The van der Waals surface area contributed by atoms with E-state index in [0.29, 0.717) is 0 Å². The molecule has 0 aliphatic carbocycles. The fourth-order valence-electron chi connectivity index (χ4n) is 3.39. The zero-order valence-corrected chi connectivity index (χ0v) is 18.0. The summed E-state index contributed by atoms with van der Waals surface area (Å²) < 4.78 is 0. The molecule has 0 unspecified atom stereocenters. The molecule has 1 aliphatic rings. The second-order valence-corrected chi connectivity index (χ2v) is 9.55. The third-order valence-corrected chi connectivity index (χ3v) is 7.27. The summed E-state index contributed by atoms with van der Waals surface area (Å²) in [6, 6.07) is 0. The van der Waals surface area contributed by atoms with Crippen LogP contribution in [0.5, 0.6) is 0 Å². The Kier molecular flexibility index (Phi) is 5.48. The Balaban J connectivity index is 1.66. The van der Waals surface area contributed by atoms with E-state index in [1.165, 1.54) is 23.3 Å². The van der Waals surface area contributed by atoms with Crippen LogP contribution in [0.15, 0.2) is 10.2 Å². The van der Waals surface area contributed by atoms with Crippen LogP contribution in [0.25, 0.3) is 10.2 Å². The summed E-state index contributed by atoms with van der Waals surface area (Å²) in [5.41, 5.74) is 1.27. The van der Waals surface area contributed by atoms with E-state index in [9.17, 15) is 0 Å². The van der Waals surface area contributed by atoms with Crippen molar-refractivity contribution in [2.24, 2.45) is 5.92 Å². The second-order valence-electron chi connectivity index (χ2n) is 7.39. The SMILES string of the molecule is CCc1nc(Sc2nc(CN3CCC(C)CC3)nc3sc(C)c(C)c23)n[nH]1. The van der Waals surface area contributed by atoms with Crippen LogP contribution in [-0.4, -0.2) is 43.1 Å². The van der Waals surface area contributed by atoms with Crippen LogP contribution in [0.3, 0.4) is 0 Å². The van der Waals surface area contributed by atoms with E-state index in [1.54, 1.807) is 23.1 Å². The number of nitrogens with zero attached hydrogens (tertiary/aromatic N) is 5. The summed E-state index contributed by atoms with van der Waals surface area (Å²) in [4.78, 5) is 19.2. The number of piperidine rings is 1. The lowest BCUT2D eigenvalue weighted by Crippen LogP contribution is -2.32. The van der Waals surface area contributed by atoms with E-state index < -0.39 is 0 Å². The van der Waals surface area contributed by atoms with Gasteiger partial charge in [-0.1, -0.05) is 13.8 Å². The number of aryl methyl sites for hydroxylation is 3. The molecule has 0 aromatic carbocycles. The number of hydrogen-bond donors (Lipinski definition) is 1. The van der Waals surface area contributed by atoms with Crippen molar-refractivity contribution >= 4 is 33.3 Å². The number of rotatable bonds is 5. The summed E-state index contributed by atoms with van der Waals surface area (Å²) >= 11 is 3.30. The quantitative estimate of drug-likeness (QED) is 0.639. The molecule has 1 N–H and O–H groups in total. The third-order valence-electron chi connectivity index (χ3n) is 5.32. The molecule has 3 aromatic rings. The van der Waals surface area contributed by atoms with Gasteiger partial charge in [-0.2, -0.15) is 0 Å². The molecular formula is C19H26N6S2. The second kappa shape index (κ2) is 7.85. The largest absolute Gasteiger partial charge is 0.296 e. The van der Waals surface area contributed by atoms with Crippen molar-refractivity contribution in [2.75, 3.05) is 13.1 Å². The highest BCUT2D eigenvalue weighted by Gasteiger charge is 2.20. The highest BCUT2D eigenvalue weighted by atomic mass is 32.2. The first-order chi connectivity index (χ1) is 13.0. The molecule has 0 amide bonds. The van der Waals surface area contributed by atoms with Gasteiger partial charge in [-0.05, 0) is 63.0 Å². The van der Waals surface area contributed by atoms with Gasteiger partial charge in [0.15, 0.2) is 0 Å². The predicted octanol–water partition coefficient (Wildman–Crippen LogP) is 4.37. The van der Waals surface area contributed by atoms with Gasteiger partial charge >= 0.3 is 0 Å². The van der Waals surface area contributed by atoms with Gasteiger partial charge in [-0.25, -0.2) is 15.0 Å². The predicted molar refractivity (Wildman–Crippen MR) is 110 cm³/mol. The van der Waals surface area contributed by atoms with Crippen molar-refractivity contribution in [3.63, 3.8) is 0 Å². The Morgan fingerprint density at radius 3 is 2.67 bits per heavy atom. The molecule has 4 rings (SSSR count). The topological polar surface area (TPSA) is 70.6 Å². The van der Waals surface area contributed by atoms with Crippen LogP contribution in [0.1, 0.15) is 48.8 Å². The molecule has 0 bridgehead atoms. The van der Waals surface area contributed by atoms with Gasteiger partial charge in [-0.15, -0.1) is 16.4 Å². The van der Waals surface area contributed by atoms with Crippen molar-refractivity contribution < 1.29 is 0 Å². The summed E-state index contributed by atoms with van der Waals surface area (Å²) in [5, 5.41) is 10.2. The summed E-state index contributed by atoms with van der Waals surface area (Å²) in [6.07, 6.45) is 3.37. The first-order valence-electron chi connectivity index (χ1n) is 9.61. The number of aromatic amines is 1. The lowest BCUT2D eigenvalue weighted by atomic mass is 9.99. The molecular weight excluding hydrogens is 376 g/mol. The van der Waals surface area contributed by atoms with Gasteiger partial charge in [-0.3, -0.25) is 10.00 Å². The molecule has 1 fully saturated rings. The van der Waals surface area contributed by atoms with E-state index in [1.807, 2.05) is 0 Å². The van der Waals surface area contributed by atoms with Gasteiger partial charge in [0.1, 0.15) is 21.5 Å². The van der Waals surface area contributed by atoms with Gasteiger partial charge in [0.05, 0.1) is 6.54 Å². The Bertz CT molecular complexity index is 939. The normalized spacial score (nSPS) is 16.4. The first kappa shape index (κ1) is 18.8. The first-order valence-corrected chi connectivity index (χ1v) is 11.2. The zero-order chi connectivity index (χ0) is 19.0. The van der Waals surface area contributed by atoms with Gasteiger partial charge < -0.3 is 0 Å². The number of thiophene rings is 1. The van der Waals surface area contributed by atoms with Crippen molar-refractivity contribution in [3.8, 4) is 0 Å². The molecule has 27 heavy (non-hydrogen) atoms. The molecule has 1 saturated heterocycles. The molecule has 144 valence electrons. The maximum Gasteiger partial charge on any atom is 0.214 e. The van der Waals surface area contributed by atoms with Crippen LogP contribution in [0.2, 0.25) is 0 Å². The molecule has 1 aliphatic heterocycles. The number of fused-ring (bicyclic) bond motifs is 1. The Morgan fingerprint density at radius 2 is 1.96 bits per heavy atom. The maximum atomic E-state index is 4.94. The highest BCUT2D eigenvalue weighted by molar-refractivity contribution is 7.99. The average Bonchev–Trinajstić information content (AvgIpc) is 3.21. The molecule has 4 heterocycles. The minimum Gasteiger partial charge on any atom is -0.296 e. The van der Waals surface area contributed by atoms with E-state index in [4.69, 9.17) is 9.97 Å². The summed E-state index contributed by atoms with van der Waals surface area (Å²) in [6.45, 7) is 11.8. The zero-order valence-electron chi connectivity index (χ0n) is 16.4. The van der Waals surface area contributed by atoms with E-state index in [2.05, 4.69) is 47.8 Å². The lowest BCUT2D eigenvalue weighted by molar-refractivity contribution is 0.181. The standard InChI is InChI=1S/C19H26N6S2/c1-5-14-22-19(24-23-14)27-18-16-12(3)13(4)26-17(16)20-15(21-18)10-25-8-6-11(2)7-9-25/h11H,5-10H2,1-4H3,(H,22,23,24). The summed E-state index contributed by atoms with van der Waals surface area (Å²) in [5.74, 6) is 2.65. The van der Waals surface area contributed by atoms with Crippen LogP contribution in [-0.2, 0) is 13.0 Å². The molecule has 3 aromatic heterocycles. The number of aromatic nitrogens is 5. The monoisotopic (exact) mass is 402 g/mol. The maximum absolute atomic E-state index is 4.94. The van der Waals surface area contributed by atoms with Crippen molar-refractivity contribution in [1.29, 1.82) is 0 Å². The van der Waals surface area contributed by atoms with Gasteiger partial charge in [0.2, 0.25) is 5.16 Å². The smallest absolute Gasteiger partial charge is 0.214 e.